The average Bonchev–Trinajstić information content (AvgIpc) is 3.39. The summed E-state index contributed by atoms with van der Waals surface area (Å²) in [5.41, 5.74) is 3.70. The van der Waals surface area contributed by atoms with Gasteiger partial charge in [-0.1, -0.05) is 37.6 Å². The molecule has 1 aromatic heterocycles. The molecule has 0 aliphatic heterocycles. The molecule has 218 valence electrons. The van der Waals surface area contributed by atoms with Gasteiger partial charge in [0.25, 0.3) is 0 Å². The van der Waals surface area contributed by atoms with Crippen LogP contribution in [-0.4, -0.2) is 41.5 Å². The predicted molar refractivity (Wildman–Crippen MR) is 171 cm³/mol. The maximum absolute atomic E-state index is 13.9. The Balaban J connectivity index is 1.40. The molecule has 0 amide bonds. The molecular weight excluding hydrogens is 558 g/mol. The van der Waals surface area contributed by atoms with Gasteiger partial charge in [-0.15, -0.1) is 0 Å². The lowest BCUT2D eigenvalue weighted by molar-refractivity contribution is 0.104. The third-order valence-electron chi connectivity index (χ3n) is 7.48. The van der Waals surface area contributed by atoms with Crippen LogP contribution < -0.4 is 9.47 Å². The zero-order chi connectivity index (χ0) is 30.2. The van der Waals surface area contributed by atoms with Crippen LogP contribution in [0.2, 0.25) is 5.02 Å². The largest absolute Gasteiger partial charge is 0.494 e. The summed E-state index contributed by atoms with van der Waals surface area (Å²) < 4.78 is 14.1. The Morgan fingerprint density at radius 1 is 0.884 bits per heavy atom. The minimum atomic E-state index is -0.0831. The first-order chi connectivity index (χ1) is 21.0. The molecule has 5 rings (SSSR count). The van der Waals surface area contributed by atoms with E-state index in [-0.39, 0.29) is 5.78 Å². The molecule has 0 aliphatic carbocycles. The molecule has 0 spiro atoms. The van der Waals surface area contributed by atoms with Gasteiger partial charge in [0.15, 0.2) is 5.78 Å². The number of rotatable bonds is 13. The van der Waals surface area contributed by atoms with Crippen molar-refractivity contribution in [2.75, 3.05) is 26.2 Å². The van der Waals surface area contributed by atoms with Crippen molar-refractivity contribution in [3.8, 4) is 23.3 Å². The SMILES string of the molecule is CCN(CC)CCCOc1ccc(C(=O)c2cn(Cc3ccc(C#N)cc3)c3ccc(Oc4ccc(Cl)cc4)cc23)cc1. The molecule has 0 bridgehead atoms. The highest BCUT2D eigenvalue weighted by Gasteiger charge is 2.18. The number of aromatic nitrogens is 1. The third kappa shape index (κ3) is 7.45. The number of nitrogens with zero attached hydrogens (tertiary/aromatic N) is 3. The third-order valence-corrected chi connectivity index (χ3v) is 7.73. The lowest BCUT2D eigenvalue weighted by atomic mass is 10.0. The zero-order valence-corrected chi connectivity index (χ0v) is 25.2. The number of fused-ring (bicyclic) bond motifs is 1. The molecule has 0 N–H and O–H groups in total. The smallest absolute Gasteiger partial charge is 0.195 e. The van der Waals surface area contributed by atoms with Crippen molar-refractivity contribution in [1.82, 2.24) is 9.47 Å². The van der Waals surface area contributed by atoms with Crippen LogP contribution in [0, 0.1) is 11.3 Å². The summed E-state index contributed by atoms with van der Waals surface area (Å²) in [6.07, 6.45) is 2.84. The van der Waals surface area contributed by atoms with Gasteiger partial charge in [-0.25, -0.2) is 0 Å². The minimum absolute atomic E-state index is 0.0831. The van der Waals surface area contributed by atoms with E-state index in [9.17, 15) is 4.79 Å². The highest BCUT2D eigenvalue weighted by Crippen LogP contribution is 2.31. The second-order valence-electron chi connectivity index (χ2n) is 10.3. The summed E-state index contributed by atoms with van der Waals surface area (Å²) in [5, 5.41) is 10.6. The van der Waals surface area contributed by atoms with E-state index in [2.05, 4.69) is 29.4 Å². The zero-order valence-electron chi connectivity index (χ0n) is 24.4. The normalized spacial score (nSPS) is 11.0. The summed E-state index contributed by atoms with van der Waals surface area (Å²) >= 11 is 6.04. The number of ketones is 1. The van der Waals surface area contributed by atoms with Gasteiger partial charge >= 0.3 is 0 Å². The van der Waals surface area contributed by atoms with E-state index < -0.39 is 0 Å². The van der Waals surface area contributed by atoms with Gasteiger partial charge in [-0.3, -0.25) is 4.79 Å². The molecule has 0 fully saturated rings. The Labute approximate surface area is 257 Å². The Morgan fingerprint density at radius 3 is 2.23 bits per heavy atom. The first kappa shape index (κ1) is 29.9. The molecule has 0 saturated carbocycles. The number of carbonyl (C=O) groups excluding carboxylic acids is 1. The fraction of sp³-hybridized carbons (Fsp3) is 0.222. The molecule has 1 heterocycles. The second-order valence-corrected chi connectivity index (χ2v) is 10.7. The lowest BCUT2D eigenvalue weighted by Crippen LogP contribution is -2.25. The van der Waals surface area contributed by atoms with Gasteiger partial charge in [0.2, 0.25) is 0 Å². The highest BCUT2D eigenvalue weighted by molar-refractivity contribution is 6.30. The molecule has 5 aromatic rings. The van der Waals surface area contributed by atoms with Gasteiger partial charge in [-0.2, -0.15) is 5.26 Å². The van der Waals surface area contributed by atoms with Gasteiger partial charge < -0.3 is 18.9 Å². The van der Waals surface area contributed by atoms with E-state index >= 15 is 0 Å². The van der Waals surface area contributed by atoms with Gasteiger partial charge in [0, 0.05) is 46.3 Å². The van der Waals surface area contributed by atoms with Crippen LogP contribution in [0.25, 0.3) is 10.9 Å². The maximum atomic E-state index is 13.9. The van der Waals surface area contributed by atoms with E-state index in [1.807, 2.05) is 72.9 Å². The van der Waals surface area contributed by atoms with Gasteiger partial charge in [-0.05, 0) is 104 Å². The van der Waals surface area contributed by atoms with Crippen molar-refractivity contribution in [3.05, 3.63) is 124 Å². The van der Waals surface area contributed by atoms with Crippen LogP contribution in [0.4, 0.5) is 0 Å². The number of hydrogen-bond donors (Lipinski definition) is 0. The van der Waals surface area contributed by atoms with Crippen molar-refractivity contribution in [3.63, 3.8) is 0 Å². The number of benzene rings is 4. The quantitative estimate of drug-likeness (QED) is 0.102. The van der Waals surface area contributed by atoms with E-state index in [1.54, 1.807) is 24.3 Å². The number of carbonyl (C=O) groups is 1. The Kier molecular flexibility index (Phi) is 9.78. The molecule has 0 radical (unpaired) electrons. The van der Waals surface area contributed by atoms with E-state index in [4.69, 9.17) is 26.3 Å². The fourth-order valence-corrected chi connectivity index (χ4v) is 5.17. The standard InChI is InChI=1S/C36H34ClN3O3/c1-3-39(4-2)20-5-21-42-30-14-10-28(11-15-30)36(41)34-25-40(24-27-8-6-26(23-38)7-9-27)35-19-18-32(22-33(34)35)43-31-16-12-29(37)13-17-31/h6-19,22,25H,3-5,20-21,24H2,1-2H3. The first-order valence-corrected chi connectivity index (χ1v) is 14.9. The highest BCUT2D eigenvalue weighted by atomic mass is 35.5. The molecule has 0 unspecified atom stereocenters. The average molecular weight is 592 g/mol. The first-order valence-electron chi connectivity index (χ1n) is 14.5. The van der Waals surface area contributed by atoms with Crippen LogP contribution in [0.15, 0.2) is 97.2 Å². The van der Waals surface area contributed by atoms with E-state index in [0.29, 0.717) is 46.4 Å². The topological polar surface area (TPSA) is 67.5 Å². The van der Waals surface area contributed by atoms with Crippen LogP contribution in [-0.2, 0) is 6.54 Å². The molecular formula is C36H34ClN3O3. The summed E-state index contributed by atoms with van der Waals surface area (Å²) in [6, 6.07) is 29.9. The molecule has 7 heteroatoms. The van der Waals surface area contributed by atoms with E-state index in [0.717, 1.165) is 48.3 Å². The van der Waals surface area contributed by atoms with Crippen LogP contribution in [0.1, 0.15) is 47.3 Å². The van der Waals surface area contributed by atoms with Gasteiger partial charge in [0.05, 0.1) is 18.2 Å². The molecule has 6 nitrogen and oxygen atoms in total. The van der Waals surface area contributed by atoms with Crippen molar-refractivity contribution >= 4 is 28.3 Å². The monoisotopic (exact) mass is 591 g/mol. The van der Waals surface area contributed by atoms with Crippen molar-refractivity contribution in [2.24, 2.45) is 0 Å². The molecule has 4 aromatic carbocycles. The van der Waals surface area contributed by atoms with Crippen LogP contribution in [0.3, 0.4) is 0 Å². The van der Waals surface area contributed by atoms with Gasteiger partial charge in [0.1, 0.15) is 17.2 Å². The Morgan fingerprint density at radius 2 is 1.56 bits per heavy atom. The number of nitriles is 1. The number of ether oxygens (including phenoxy) is 2. The summed E-state index contributed by atoms with van der Waals surface area (Å²) in [7, 11) is 0. The maximum Gasteiger partial charge on any atom is 0.195 e. The second kappa shape index (κ2) is 14.1. The van der Waals surface area contributed by atoms with Crippen molar-refractivity contribution in [1.29, 1.82) is 5.26 Å². The Hall–Kier alpha value is -4.57. The molecule has 43 heavy (non-hydrogen) atoms. The van der Waals surface area contributed by atoms with Crippen molar-refractivity contribution in [2.45, 2.75) is 26.8 Å². The molecule has 0 aliphatic rings. The predicted octanol–water partition coefficient (Wildman–Crippen LogP) is 8.35. The molecule has 0 atom stereocenters. The Bertz CT molecular complexity index is 1720. The minimum Gasteiger partial charge on any atom is -0.494 e. The molecule has 0 saturated heterocycles. The van der Waals surface area contributed by atoms with Crippen molar-refractivity contribution < 1.29 is 14.3 Å². The summed E-state index contributed by atoms with van der Waals surface area (Å²) in [6.45, 7) is 8.57. The van der Waals surface area contributed by atoms with Crippen LogP contribution in [0.5, 0.6) is 17.2 Å². The van der Waals surface area contributed by atoms with E-state index in [1.165, 1.54) is 0 Å². The number of halogens is 1. The summed E-state index contributed by atoms with van der Waals surface area (Å²) in [5.74, 6) is 1.94. The van der Waals surface area contributed by atoms with Crippen LogP contribution >= 0.6 is 11.6 Å². The fourth-order valence-electron chi connectivity index (χ4n) is 5.05. The lowest BCUT2D eigenvalue weighted by Gasteiger charge is -2.17. The number of hydrogen-bond acceptors (Lipinski definition) is 5. The summed E-state index contributed by atoms with van der Waals surface area (Å²) in [4.78, 5) is 16.2.